The van der Waals surface area contributed by atoms with E-state index in [9.17, 15) is 18.0 Å². The molecule has 10 nitrogen and oxygen atoms in total. The fourth-order valence-corrected chi connectivity index (χ4v) is 7.60. The molecule has 3 aromatic rings. The van der Waals surface area contributed by atoms with Gasteiger partial charge in [0.1, 0.15) is 18.3 Å². The summed E-state index contributed by atoms with van der Waals surface area (Å²) in [6.45, 7) is 3.33. The van der Waals surface area contributed by atoms with Crippen LogP contribution >= 0.6 is 23.2 Å². The predicted octanol–water partition coefficient (Wildman–Crippen LogP) is 6.47. The summed E-state index contributed by atoms with van der Waals surface area (Å²) in [6, 6.07) is 14.7. The summed E-state index contributed by atoms with van der Waals surface area (Å²) < 4.78 is 45.9. The number of methoxy groups -OCH3 is 2. The van der Waals surface area contributed by atoms with Crippen LogP contribution in [0.3, 0.4) is 0 Å². The second kappa shape index (κ2) is 16.4. The van der Waals surface area contributed by atoms with Crippen LogP contribution in [0.4, 0.5) is 5.69 Å². The van der Waals surface area contributed by atoms with Crippen LogP contribution in [0.5, 0.6) is 17.2 Å². The molecular weight excluding hydrogens is 665 g/mol. The van der Waals surface area contributed by atoms with Gasteiger partial charge in [0.2, 0.25) is 11.8 Å². The minimum Gasteiger partial charge on any atom is -0.494 e. The Kier molecular flexibility index (Phi) is 12.6. The molecule has 3 aromatic carbocycles. The first-order valence-corrected chi connectivity index (χ1v) is 17.7. The number of carbonyl (C=O) groups excluding carboxylic acids is 2. The maximum absolute atomic E-state index is 14.5. The summed E-state index contributed by atoms with van der Waals surface area (Å²) in [6.07, 6.45) is 4.04. The van der Waals surface area contributed by atoms with Crippen molar-refractivity contribution in [2.24, 2.45) is 0 Å². The molecule has 0 unspecified atom stereocenters. The van der Waals surface area contributed by atoms with E-state index in [4.69, 9.17) is 37.4 Å². The van der Waals surface area contributed by atoms with E-state index in [0.29, 0.717) is 33.7 Å². The Labute approximate surface area is 286 Å². The highest BCUT2D eigenvalue weighted by Gasteiger charge is 2.35. The highest BCUT2D eigenvalue weighted by Crippen LogP contribution is 2.33. The van der Waals surface area contributed by atoms with Crippen molar-refractivity contribution in [2.75, 3.05) is 31.7 Å². The van der Waals surface area contributed by atoms with Crippen LogP contribution in [0.25, 0.3) is 0 Å². The van der Waals surface area contributed by atoms with Gasteiger partial charge < -0.3 is 24.4 Å². The zero-order valence-corrected chi connectivity index (χ0v) is 29.3. The minimum atomic E-state index is -4.37. The number of ether oxygens (including phenoxy) is 3. The van der Waals surface area contributed by atoms with Gasteiger partial charge in [0.05, 0.1) is 31.4 Å². The molecule has 13 heteroatoms. The number of amides is 2. The Morgan fingerprint density at radius 1 is 0.936 bits per heavy atom. The van der Waals surface area contributed by atoms with Gasteiger partial charge in [-0.15, -0.1) is 0 Å². The summed E-state index contributed by atoms with van der Waals surface area (Å²) in [5.74, 6) is 0.155. The van der Waals surface area contributed by atoms with E-state index in [1.807, 2.05) is 6.92 Å². The van der Waals surface area contributed by atoms with Crippen molar-refractivity contribution >= 4 is 50.7 Å². The van der Waals surface area contributed by atoms with Crippen LogP contribution in [-0.4, -0.2) is 64.6 Å². The zero-order valence-electron chi connectivity index (χ0n) is 27.0. The summed E-state index contributed by atoms with van der Waals surface area (Å²) in [7, 11) is -1.52. The molecule has 0 heterocycles. The zero-order chi connectivity index (χ0) is 34.1. The number of carbonyl (C=O) groups is 2. The lowest BCUT2D eigenvalue weighted by atomic mass is 10.1. The van der Waals surface area contributed by atoms with Crippen LogP contribution in [0, 0.1) is 0 Å². The molecule has 2 amide bonds. The Hall–Kier alpha value is -3.67. The minimum absolute atomic E-state index is 0.0168. The van der Waals surface area contributed by atoms with Gasteiger partial charge in [-0.1, -0.05) is 49.0 Å². The topological polar surface area (TPSA) is 114 Å². The Balaban J connectivity index is 1.78. The van der Waals surface area contributed by atoms with Gasteiger partial charge in [-0.3, -0.25) is 13.9 Å². The van der Waals surface area contributed by atoms with E-state index >= 15 is 0 Å². The lowest BCUT2D eigenvalue weighted by Gasteiger charge is -2.34. The van der Waals surface area contributed by atoms with Crippen LogP contribution < -0.4 is 23.8 Å². The molecular formula is C34H41Cl2N3O7S. The maximum atomic E-state index is 14.5. The Bertz CT molecular complexity index is 1630. The number of anilines is 1. The standard InChI is InChI=1S/C34H41Cl2N3O7S/c1-5-30(34(41)37-23-10-7-8-11-23)38(21-27-28(35)12-9-13-29(27)36)33(40)22-39(24-14-16-25(17-15-24)46-6-2)47(42,43)26-18-19-31(44-3)32(20-26)45-4/h9,12-20,23,30H,5-8,10-11,21-22H2,1-4H3,(H,37,41)/t30-/m1/s1. The number of hydrogen-bond acceptors (Lipinski definition) is 7. The SMILES string of the molecule is CCOc1ccc(N(CC(=O)N(Cc2c(Cl)cccc2Cl)[C@H](CC)C(=O)NC2CCCC2)S(=O)(=O)c2ccc(OC)c(OC)c2)cc1. The smallest absolute Gasteiger partial charge is 0.264 e. The van der Waals surface area contributed by atoms with Crippen molar-refractivity contribution in [1.29, 1.82) is 0 Å². The fourth-order valence-electron chi connectivity index (χ4n) is 5.65. The van der Waals surface area contributed by atoms with Crippen molar-refractivity contribution in [2.45, 2.75) is 69.5 Å². The van der Waals surface area contributed by atoms with Crippen molar-refractivity contribution in [3.05, 3.63) is 76.3 Å². The average Bonchev–Trinajstić information content (AvgIpc) is 3.58. The van der Waals surface area contributed by atoms with Crippen molar-refractivity contribution < 1.29 is 32.2 Å². The highest BCUT2D eigenvalue weighted by molar-refractivity contribution is 7.92. The van der Waals surface area contributed by atoms with E-state index in [0.717, 1.165) is 30.0 Å². The molecule has 47 heavy (non-hydrogen) atoms. The maximum Gasteiger partial charge on any atom is 0.264 e. The molecule has 0 spiro atoms. The van der Waals surface area contributed by atoms with Gasteiger partial charge in [-0.05, 0) is 74.7 Å². The molecule has 1 saturated carbocycles. The molecule has 1 fully saturated rings. The molecule has 0 aromatic heterocycles. The molecule has 1 atom stereocenters. The van der Waals surface area contributed by atoms with Crippen molar-refractivity contribution in [1.82, 2.24) is 10.2 Å². The number of nitrogens with zero attached hydrogens (tertiary/aromatic N) is 2. The molecule has 1 N–H and O–H groups in total. The molecule has 0 radical (unpaired) electrons. The molecule has 0 aliphatic heterocycles. The van der Waals surface area contributed by atoms with Gasteiger partial charge >= 0.3 is 0 Å². The number of benzene rings is 3. The first-order chi connectivity index (χ1) is 22.5. The molecule has 1 aliphatic rings. The summed E-state index contributed by atoms with van der Waals surface area (Å²) in [5.41, 5.74) is 0.669. The summed E-state index contributed by atoms with van der Waals surface area (Å²) in [4.78, 5) is 29.4. The summed E-state index contributed by atoms with van der Waals surface area (Å²) >= 11 is 13.1. The number of nitrogens with one attached hydrogen (secondary N) is 1. The molecule has 0 bridgehead atoms. The van der Waals surface area contributed by atoms with Gasteiger partial charge in [0, 0.05) is 34.3 Å². The van der Waals surface area contributed by atoms with Crippen LogP contribution in [0.15, 0.2) is 65.6 Å². The summed E-state index contributed by atoms with van der Waals surface area (Å²) in [5, 5.41) is 3.74. The second-order valence-electron chi connectivity index (χ2n) is 11.1. The number of halogens is 2. The van der Waals surface area contributed by atoms with Gasteiger partial charge in [-0.2, -0.15) is 0 Å². The molecule has 1 aliphatic carbocycles. The van der Waals surface area contributed by atoms with Crippen molar-refractivity contribution in [3.8, 4) is 17.2 Å². The largest absolute Gasteiger partial charge is 0.494 e. The van der Waals surface area contributed by atoms with Crippen LogP contribution in [0.1, 0.15) is 51.5 Å². The van der Waals surface area contributed by atoms with Gasteiger partial charge in [-0.25, -0.2) is 8.42 Å². The van der Waals surface area contributed by atoms with Crippen molar-refractivity contribution in [3.63, 3.8) is 0 Å². The van der Waals surface area contributed by atoms with E-state index in [2.05, 4.69) is 5.32 Å². The first-order valence-electron chi connectivity index (χ1n) is 15.5. The third-order valence-corrected chi connectivity index (χ3v) is 10.6. The lowest BCUT2D eigenvalue weighted by Crippen LogP contribution is -2.53. The third kappa shape index (κ3) is 8.63. The first kappa shape index (κ1) is 36.2. The molecule has 4 rings (SSSR count). The van der Waals surface area contributed by atoms with Gasteiger partial charge in [0.25, 0.3) is 10.0 Å². The average molecular weight is 707 g/mol. The van der Waals surface area contributed by atoms with E-state index in [1.54, 1.807) is 49.4 Å². The number of hydrogen-bond donors (Lipinski definition) is 1. The Morgan fingerprint density at radius 3 is 2.15 bits per heavy atom. The van der Waals surface area contributed by atoms with E-state index in [1.165, 1.54) is 37.3 Å². The fraction of sp³-hybridized carbons (Fsp3) is 0.412. The molecule has 254 valence electrons. The van der Waals surface area contributed by atoms with E-state index < -0.39 is 28.5 Å². The second-order valence-corrected chi connectivity index (χ2v) is 13.8. The Morgan fingerprint density at radius 2 is 1.57 bits per heavy atom. The number of sulfonamides is 1. The monoisotopic (exact) mass is 705 g/mol. The van der Waals surface area contributed by atoms with Crippen LogP contribution in [0.2, 0.25) is 10.0 Å². The quantitative estimate of drug-likeness (QED) is 0.193. The lowest BCUT2D eigenvalue weighted by molar-refractivity contribution is -0.140. The van der Waals surface area contributed by atoms with E-state index in [-0.39, 0.29) is 41.2 Å². The third-order valence-electron chi connectivity index (χ3n) is 8.14. The normalized spacial score (nSPS) is 13.9. The number of rotatable bonds is 15. The predicted molar refractivity (Wildman–Crippen MR) is 183 cm³/mol. The highest BCUT2D eigenvalue weighted by atomic mass is 35.5. The van der Waals surface area contributed by atoms with Gasteiger partial charge in [0.15, 0.2) is 11.5 Å². The van der Waals surface area contributed by atoms with Crippen LogP contribution in [-0.2, 0) is 26.2 Å². The molecule has 0 saturated heterocycles.